The maximum Gasteiger partial charge on any atom is 0.410 e. The average molecular weight is 335 g/mol. The average Bonchev–Trinajstić information content (AvgIpc) is 3.06. The van der Waals surface area contributed by atoms with E-state index in [4.69, 9.17) is 4.74 Å². The second-order valence-electron chi connectivity index (χ2n) is 6.89. The number of amides is 2. The molecule has 7 heteroatoms. The molecule has 1 spiro atoms. The van der Waals surface area contributed by atoms with Crippen LogP contribution in [0.15, 0.2) is 22.5 Å². The number of carbonyl (C=O) groups is 2. The summed E-state index contributed by atoms with van der Waals surface area (Å²) < 4.78 is 5.39. The van der Waals surface area contributed by atoms with Crippen LogP contribution in [0.25, 0.3) is 0 Å². The van der Waals surface area contributed by atoms with E-state index in [1.165, 1.54) is 11.3 Å². The zero-order valence-corrected chi connectivity index (χ0v) is 14.4. The molecule has 0 radical (unpaired) electrons. The molecule has 1 fully saturated rings. The fourth-order valence-corrected chi connectivity index (χ4v) is 3.48. The monoisotopic (exact) mass is 335 g/mol. The summed E-state index contributed by atoms with van der Waals surface area (Å²) in [5.41, 5.74) is -0.571. The molecule has 124 valence electrons. The van der Waals surface area contributed by atoms with E-state index in [9.17, 15) is 9.59 Å². The molecular weight excluding hydrogens is 314 g/mol. The fourth-order valence-electron chi connectivity index (χ4n) is 2.77. The number of hydrogen-bond acceptors (Lipinski definition) is 5. The standard InChI is InChI=1S/C16H21N3O3S/c1-15(2,3)22-14(21)19-8-6-16(7-9-19)17-12(13(20)18-16)11-5-4-10-23-11/h4-5,10H,6-9H2,1-3H3,(H,18,20). The van der Waals surface area contributed by atoms with Crippen LogP contribution < -0.4 is 5.32 Å². The zero-order valence-electron chi connectivity index (χ0n) is 13.6. The van der Waals surface area contributed by atoms with Crippen molar-refractivity contribution in [1.82, 2.24) is 10.2 Å². The Hall–Kier alpha value is -1.89. The largest absolute Gasteiger partial charge is 0.444 e. The van der Waals surface area contributed by atoms with Crippen LogP contribution in [-0.4, -0.2) is 47.0 Å². The molecule has 6 nitrogen and oxygen atoms in total. The van der Waals surface area contributed by atoms with E-state index in [-0.39, 0.29) is 12.0 Å². The minimum Gasteiger partial charge on any atom is -0.444 e. The van der Waals surface area contributed by atoms with E-state index >= 15 is 0 Å². The highest BCUT2D eigenvalue weighted by molar-refractivity contribution is 7.13. The van der Waals surface area contributed by atoms with Gasteiger partial charge in [-0.25, -0.2) is 4.79 Å². The van der Waals surface area contributed by atoms with Gasteiger partial charge in [0.15, 0.2) is 0 Å². The van der Waals surface area contributed by atoms with Gasteiger partial charge < -0.3 is 15.0 Å². The molecule has 2 amide bonds. The first kappa shape index (κ1) is 16.0. The van der Waals surface area contributed by atoms with E-state index in [2.05, 4.69) is 10.3 Å². The van der Waals surface area contributed by atoms with Crippen molar-refractivity contribution < 1.29 is 14.3 Å². The van der Waals surface area contributed by atoms with Gasteiger partial charge in [0.05, 0.1) is 4.88 Å². The Morgan fingerprint density at radius 1 is 1.39 bits per heavy atom. The number of aliphatic imine (C=N–C) groups is 1. The highest BCUT2D eigenvalue weighted by Gasteiger charge is 2.43. The minimum absolute atomic E-state index is 0.127. The Morgan fingerprint density at radius 3 is 2.65 bits per heavy atom. The van der Waals surface area contributed by atoms with Crippen molar-refractivity contribution in [2.45, 2.75) is 44.9 Å². The van der Waals surface area contributed by atoms with Crippen LogP contribution in [0.3, 0.4) is 0 Å². The van der Waals surface area contributed by atoms with Crippen molar-refractivity contribution in [3.8, 4) is 0 Å². The smallest absolute Gasteiger partial charge is 0.410 e. The summed E-state index contributed by atoms with van der Waals surface area (Å²) >= 11 is 1.51. The van der Waals surface area contributed by atoms with Crippen LogP contribution in [0.2, 0.25) is 0 Å². The number of carbonyl (C=O) groups excluding carboxylic acids is 2. The zero-order chi connectivity index (χ0) is 16.7. The van der Waals surface area contributed by atoms with Gasteiger partial charge >= 0.3 is 6.09 Å². The normalized spacial score (nSPS) is 20.4. The third-order valence-corrected chi connectivity index (χ3v) is 4.76. The molecule has 2 aliphatic rings. The molecule has 0 atom stereocenters. The van der Waals surface area contributed by atoms with E-state index in [1.54, 1.807) is 4.90 Å². The lowest BCUT2D eigenvalue weighted by Crippen LogP contribution is -2.53. The lowest BCUT2D eigenvalue weighted by molar-refractivity contribution is -0.115. The molecule has 1 saturated heterocycles. The van der Waals surface area contributed by atoms with Crippen LogP contribution in [0.1, 0.15) is 38.5 Å². The highest BCUT2D eigenvalue weighted by Crippen LogP contribution is 2.30. The first-order valence-electron chi connectivity index (χ1n) is 7.72. The molecule has 0 unspecified atom stereocenters. The van der Waals surface area contributed by atoms with Crippen LogP contribution in [0, 0.1) is 0 Å². The molecule has 0 aliphatic carbocycles. The van der Waals surface area contributed by atoms with Crippen LogP contribution in [0.4, 0.5) is 4.79 Å². The van der Waals surface area contributed by atoms with E-state index in [1.807, 2.05) is 38.3 Å². The van der Waals surface area contributed by atoms with E-state index in [0.29, 0.717) is 31.6 Å². The summed E-state index contributed by atoms with van der Waals surface area (Å²) in [5, 5.41) is 4.93. The van der Waals surface area contributed by atoms with Crippen molar-refractivity contribution in [2.24, 2.45) is 4.99 Å². The Morgan fingerprint density at radius 2 is 2.09 bits per heavy atom. The Bertz CT molecular complexity index is 638. The molecule has 2 aliphatic heterocycles. The van der Waals surface area contributed by atoms with Gasteiger partial charge in [0.2, 0.25) is 0 Å². The molecule has 1 N–H and O–H groups in total. The summed E-state index contributed by atoms with van der Waals surface area (Å²) in [5.74, 6) is -0.127. The molecule has 0 saturated carbocycles. The second kappa shape index (κ2) is 5.63. The molecule has 3 rings (SSSR count). The number of thiophene rings is 1. The highest BCUT2D eigenvalue weighted by atomic mass is 32.1. The van der Waals surface area contributed by atoms with Crippen LogP contribution in [0.5, 0.6) is 0 Å². The quantitative estimate of drug-likeness (QED) is 0.856. The number of ether oxygens (including phenoxy) is 1. The fraction of sp³-hybridized carbons (Fsp3) is 0.562. The third kappa shape index (κ3) is 3.39. The summed E-state index contributed by atoms with van der Waals surface area (Å²) in [4.78, 5) is 31.5. The van der Waals surface area contributed by atoms with Gasteiger partial charge in [-0.05, 0) is 32.2 Å². The van der Waals surface area contributed by atoms with Crippen molar-refractivity contribution in [1.29, 1.82) is 0 Å². The number of likely N-dealkylation sites (tertiary alicyclic amines) is 1. The van der Waals surface area contributed by atoms with E-state index in [0.717, 1.165) is 4.88 Å². The maximum atomic E-state index is 12.2. The van der Waals surface area contributed by atoms with Crippen molar-refractivity contribution >= 4 is 29.0 Å². The van der Waals surface area contributed by atoms with Gasteiger partial charge in [0.1, 0.15) is 17.0 Å². The Labute approximate surface area is 139 Å². The Kier molecular flexibility index (Phi) is 3.91. The predicted octanol–water partition coefficient (Wildman–Crippen LogP) is 2.39. The number of piperidine rings is 1. The van der Waals surface area contributed by atoms with Crippen LogP contribution >= 0.6 is 11.3 Å². The van der Waals surface area contributed by atoms with Crippen LogP contribution in [-0.2, 0) is 9.53 Å². The molecular formula is C16H21N3O3S. The summed E-state index contributed by atoms with van der Waals surface area (Å²) in [6.45, 7) is 6.61. The van der Waals surface area contributed by atoms with Gasteiger partial charge in [0.25, 0.3) is 5.91 Å². The summed E-state index contributed by atoms with van der Waals surface area (Å²) in [7, 11) is 0. The Balaban J connectivity index is 1.67. The first-order chi connectivity index (χ1) is 10.8. The van der Waals surface area contributed by atoms with Gasteiger partial charge in [-0.15, -0.1) is 11.3 Å². The topological polar surface area (TPSA) is 71.0 Å². The van der Waals surface area contributed by atoms with Gasteiger partial charge in [-0.2, -0.15) is 0 Å². The number of rotatable bonds is 1. The van der Waals surface area contributed by atoms with Gasteiger partial charge in [0, 0.05) is 25.9 Å². The predicted molar refractivity (Wildman–Crippen MR) is 88.8 cm³/mol. The SMILES string of the molecule is CC(C)(C)OC(=O)N1CCC2(CC1)N=C(c1cccs1)C(=O)N2. The number of nitrogens with zero attached hydrogens (tertiary/aromatic N) is 2. The summed E-state index contributed by atoms with van der Waals surface area (Å²) in [6, 6.07) is 3.81. The lowest BCUT2D eigenvalue weighted by atomic mass is 9.98. The lowest BCUT2D eigenvalue weighted by Gasteiger charge is -2.37. The second-order valence-corrected chi connectivity index (χ2v) is 7.84. The molecule has 0 aromatic carbocycles. The van der Waals surface area contributed by atoms with Crippen molar-refractivity contribution in [2.75, 3.05) is 13.1 Å². The minimum atomic E-state index is -0.574. The van der Waals surface area contributed by atoms with Gasteiger partial charge in [-0.3, -0.25) is 9.79 Å². The number of nitrogens with one attached hydrogen (secondary N) is 1. The number of hydrogen-bond donors (Lipinski definition) is 1. The van der Waals surface area contributed by atoms with E-state index < -0.39 is 11.3 Å². The summed E-state index contributed by atoms with van der Waals surface area (Å²) in [6.07, 6.45) is 0.902. The molecule has 0 bridgehead atoms. The molecule has 1 aromatic heterocycles. The maximum absolute atomic E-state index is 12.2. The molecule has 3 heterocycles. The van der Waals surface area contributed by atoms with Crippen molar-refractivity contribution in [3.05, 3.63) is 22.4 Å². The van der Waals surface area contributed by atoms with Crippen molar-refractivity contribution in [3.63, 3.8) is 0 Å². The third-order valence-electron chi connectivity index (χ3n) is 3.88. The molecule has 1 aromatic rings. The molecule has 23 heavy (non-hydrogen) atoms. The van der Waals surface area contributed by atoms with Gasteiger partial charge in [-0.1, -0.05) is 6.07 Å². The first-order valence-corrected chi connectivity index (χ1v) is 8.60.